The van der Waals surface area contributed by atoms with Crippen LogP contribution in [0.1, 0.15) is 38.2 Å². The van der Waals surface area contributed by atoms with E-state index in [4.69, 9.17) is 4.74 Å². The van der Waals surface area contributed by atoms with Crippen LogP contribution in [0, 0.1) is 5.92 Å². The monoisotopic (exact) mass is 345 g/mol. The maximum absolute atomic E-state index is 12.1. The number of urea groups is 1. The van der Waals surface area contributed by atoms with E-state index in [1.165, 1.54) is 12.8 Å². The largest absolute Gasteiger partial charge is 0.368 e. The number of anilines is 1. The molecule has 2 fully saturated rings. The number of benzene rings is 1. The van der Waals surface area contributed by atoms with Crippen molar-refractivity contribution in [2.75, 3.05) is 25.0 Å². The molecule has 1 saturated carbocycles. The molecule has 1 heterocycles. The average molecular weight is 345 g/mol. The summed E-state index contributed by atoms with van der Waals surface area (Å²) in [5.41, 5.74) is 1.70. The van der Waals surface area contributed by atoms with Crippen LogP contribution in [0.15, 0.2) is 24.3 Å². The van der Waals surface area contributed by atoms with Crippen LogP contribution in [0.3, 0.4) is 0 Å². The summed E-state index contributed by atoms with van der Waals surface area (Å²) in [5, 5.41) is 5.82. The molecule has 1 aromatic carbocycles. The Bertz CT molecular complexity index is 610. The van der Waals surface area contributed by atoms with Gasteiger partial charge in [0.25, 0.3) is 0 Å². The Balaban J connectivity index is 1.45. The predicted molar refractivity (Wildman–Crippen MR) is 96.3 cm³/mol. The summed E-state index contributed by atoms with van der Waals surface area (Å²) < 4.78 is 5.57. The van der Waals surface area contributed by atoms with Gasteiger partial charge in [-0.1, -0.05) is 12.1 Å². The van der Waals surface area contributed by atoms with Gasteiger partial charge in [0.1, 0.15) is 6.10 Å². The summed E-state index contributed by atoms with van der Waals surface area (Å²) in [5.74, 6) is 0.540. The standard InChI is InChI=1S/C19H27N3O3/c1-14(25-13-15-7-8-15)18(23)20-12-16-5-4-6-17(11-16)21-19(24)22-9-2-3-10-22/h4-6,11,14-15H,2-3,7-10,12-13H2,1H3,(H,20,23)(H,21,24). The number of amides is 3. The van der Waals surface area contributed by atoms with Crippen LogP contribution in [-0.4, -0.2) is 42.6 Å². The van der Waals surface area contributed by atoms with Gasteiger partial charge in [0, 0.05) is 25.3 Å². The number of hydrogen-bond donors (Lipinski definition) is 2. The molecule has 6 heteroatoms. The van der Waals surface area contributed by atoms with Crippen molar-refractivity contribution in [2.45, 2.75) is 45.3 Å². The van der Waals surface area contributed by atoms with E-state index in [9.17, 15) is 9.59 Å². The Morgan fingerprint density at radius 2 is 2.04 bits per heavy atom. The SMILES string of the molecule is CC(OCC1CC1)C(=O)NCc1cccc(NC(=O)N2CCCC2)c1. The molecular weight excluding hydrogens is 318 g/mol. The van der Waals surface area contributed by atoms with Gasteiger partial charge in [-0.15, -0.1) is 0 Å². The summed E-state index contributed by atoms with van der Waals surface area (Å²) in [4.78, 5) is 26.0. The summed E-state index contributed by atoms with van der Waals surface area (Å²) >= 11 is 0. The Hall–Kier alpha value is -2.08. The van der Waals surface area contributed by atoms with E-state index in [1.807, 2.05) is 29.2 Å². The molecule has 1 aliphatic carbocycles. The number of rotatable bonds is 7. The summed E-state index contributed by atoms with van der Waals surface area (Å²) in [6, 6.07) is 7.51. The van der Waals surface area contributed by atoms with Crippen LogP contribution >= 0.6 is 0 Å². The molecule has 1 aliphatic heterocycles. The Morgan fingerprint density at radius 3 is 2.76 bits per heavy atom. The molecular formula is C19H27N3O3. The number of hydrogen-bond acceptors (Lipinski definition) is 3. The van der Waals surface area contributed by atoms with E-state index in [0.717, 1.165) is 37.2 Å². The zero-order valence-corrected chi connectivity index (χ0v) is 14.8. The van der Waals surface area contributed by atoms with Crippen LogP contribution in [0.4, 0.5) is 10.5 Å². The highest BCUT2D eigenvalue weighted by atomic mass is 16.5. The first kappa shape index (κ1) is 17.7. The molecule has 136 valence electrons. The molecule has 3 rings (SSSR count). The highest BCUT2D eigenvalue weighted by Crippen LogP contribution is 2.29. The highest BCUT2D eigenvalue weighted by molar-refractivity contribution is 5.89. The van der Waals surface area contributed by atoms with E-state index in [1.54, 1.807) is 6.92 Å². The minimum Gasteiger partial charge on any atom is -0.368 e. The van der Waals surface area contributed by atoms with Crippen molar-refractivity contribution in [3.8, 4) is 0 Å². The maximum atomic E-state index is 12.1. The van der Waals surface area contributed by atoms with Crippen molar-refractivity contribution >= 4 is 17.6 Å². The summed E-state index contributed by atoms with van der Waals surface area (Å²) in [6.45, 7) is 4.51. The normalized spacial score (nSPS) is 18.0. The fourth-order valence-corrected chi connectivity index (χ4v) is 2.86. The topological polar surface area (TPSA) is 70.7 Å². The van der Waals surface area contributed by atoms with Crippen molar-refractivity contribution in [3.05, 3.63) is 29.8 Å². The van der Waals surface area contributed by atoms with Gasteiger partial charge in [0.15, 0.2) is 0 Å². The van der Waals surface area contributed by atoms with Gasteiger partial charge in [-0.2, -0.15) is 0 Å². The molecule has 2 N–H and O–H groups in total. The average Bonchev–Trinajstić information content (AvgIpc) is 3.28. The maximum Gasteiger partial charge on any atom is 0.321 e. The molecule has 1 aromatic rings. The van der Waals surface area contributed by atoms with E-state index in [0.29, 0.717) is 19.1 Å². The van der Waals surface area contributed by atoms with Crippen LogP contribution in [0.2, 0.25) is 0 Å². The molecule has 0 radical (unpaired) electrons. The molecule has 25 heavy (non-hydrogen) atoms. The lowest BCUT2D eigenvalue weighted by Crippen LogP contribution is -2.34. The fourth-order valence-electron chi connectivity index (χ4n) is 2.86. The van der Waals surface area contributed by atoms with Crippen molar-refractivity contribution < 1.29 is 14.3 Å². The first-order chi connectivity index (χ1) is 12.1. The smallest absolute Gasteiger partial charge is 0.321 e. The van der Waals surface area contributed by atoms with Crippen LogP contribution in [0.25, 0.3) is 0 Å². The van der Waals surface area contributed by atoms with Gasteiger partial charge in [-0.3, -0.25) is 4.79 Å². The number of carbonyl (C=O) groups excluding carboxylic acids is 2. The molecule has 1 atom stereocenters. The fraction of sp³-hybridized carbons (Fsp3) is 0.579. The Morgan fingerprint density at radius 1 is 1.28 bits per heavy atom. The van der Waals surface area contributed by atoms with Crippen molar-refractivity contribution in [3.63, 3.8) is 0 Å². The highest BCUT2D eigenvalue weighted by Gasteiger charge is 2.24. The zero-order chi connectivity index (χ0) is 17.6. The predicted octanol–water partition coefficient (Wildman–Crippen LogP) is 2.75. The molecule has 0 aromatic heterocycles. The van der Waals surface area contributed by atoms with Gasteiger partial charge in [-0.05, 0) is 56.2 Å². The molecule has 6 nitrogen and oxygen atoms in total. The number of nitrogens with zero attached hydrogens (tertiary/aromatic N) is 1. The third kappa shape index (κ3) is 5.46. The molecule has 2 aliphatic rings. The van der Waals surface area contributed by atoms with Gasteiger partial charge < -0.3 is 20.3 Å². The minimum atomic E-state index is -0.432. The molecule has 0 bridgehead atoms. The minimum absolute atomic E-state index is 0.0548. The zero-order valence-electron chi connectivity index (χ0n) is 14.8. The van der Waals surface area contributed by atoms with Gasteiger partial charge in [-0.25, -0.2) is 4.79 Å². The summed E-state index contributed by atoms with van der Waals surface area (Å²) in [6.07, 6.45) is 4.13. The van der Waals surface area contributed by atoms with E-state index < -0.39 is 6.10 Å². The number of likely N-dealkylation sites (tertiary alicyclic amines) is 1. The van der Waals surface area contributed by atoms with E-state index in [-0.39, 0.29) is 11.9 Å². The third-order valence-electron chi connectivity index (χ3n) is 4.69. The molecule has 1 unspecified atom stereocenters. The molecule has 0 spiro atoms. The number of carbonyl (C=O) groups is 2. The van der Waals surface area contributed by atoms with Crippen molar-refractivity contribution in [1.29, 1.82) is 0 Å². The first-order valence-corrected chi connectivity index (χ1v) is 9.16. The first-order valence-electron chi connectivity index (χ1n) is 9.16. The van der Waals surface area contributed by atoms with Crippen LogP contribution < -0.4 is 10.6 Å². The number of nitrogens with one attached hydrogen (secondary N) is 2. The third-order valence-corrected chi connectivity index (χ3v) is 4.69. The van der Waals surface area contributed by atoms with E-state index >= 15 is 0 Å². The van der Waals surface area contributed by atoms with Crippen LogP contribution in [-0.2, 0) is 16.1 Å². The molecule has 1 saturated heterocycles. The Kier molecular flexibility index (Phi) is 5.91. The quantitative estimate of drug-likeness (QED) is 0.798. The van der Waals surface area contributed by atoms with Crippen LogP contribution in [0.5, 0.6) is 0 Å². The summed E-state index contributed by atoms with van der Waals surface area (Å²) in [7, 11) is 0. The second kappa shape index (κ2) is 8.34. The van der Waals surface area contributed by atoms with Crippen molar-refractivity contribution in [2.24, 2.45) is 5.92 Å². The number of ether oxygens (including phenoxy) is 1. The second-order valence-electron chi connectivity index (χ2n) is 6.96. The second-order valence-corrected chi connectivity index (χ2v) is 6.96. The lowest BCUT2D eigenvalue weighted by molar-refractivity contribution is -0.132. The van der Waals surface area contributed by atoms with E-state index in [2.05, 4.69) is 10.6 Å². The lowest BCUT2D eigenvalue weighted by Gasteiger charge is -2.17. The molecule has 3 amide bonds. The lowest BCUT2D eigenvalue weighted by atomic mass is 10.2. The van der Waals surface area contributed by atoms with Gasteiger partial charge >= 0.3 is 6.03 Å². The van der Waals surface area contributed by atoms with Gasteiger partial charge in [0.2, 0.25) is 5.91 Å². The van der Waals surface area contributed by atoms with Crippen molar-refractivity contribution in [1.82, 2.24) is 10.2 Å². The van der Waals surface area contributed by atoms with Gasteiger partial charge in [0.05, 0.1) is 6.61 Å². The Labute approximate surface area is 148 Å².